The van der Waals surface area contributed by atoms with Gasteiger partial charge in [-0.15, -0.1) is 0 Å². The molecule has 1 aromatic carbocycles. The number of aromatic nitrogens is 1. The zero-order valence-corrected chi connectivity index (χ0v) is 13.3. The second kappa shape index (κ2) is 6.89. The smallest absolute Gasteiger partial charge is 0.244 e. The lowest BCUT2D eigenvalue weighted by atomic mass is 10.2. The van der Waals surface area contributed by atoms with Crippen molar-refractivity contribution in [2.45, 2.75) is 13.0 Å². The van der Waals surface area contributed by atoms with Crippen molar-refractivity contribution in [1.29, 1.82) is 0 Å². The van der Waals surface area contributed by atoms with Gasteiger partial charge in [0.1, 0.15) is 6.04 Å². The van der Waals surface area contributed by atoms with Gasteiger partial charge < -0.3 is 15.0 Å². The summed E-state index contributed by atoms with van der Waals surface area (Å²) >= 11 is 1.56. The summed E-state index contributed by atoms with van der Waals surface area (Å²) in [6.45, 7) is 4.44. The molecular formula is C16H19N3O2S. The first-order chi connectivity index (χ1) is 10.7. The fourth-order valence-electron chi connectivity index (χ4n) is 2.38. The van der Waals surface area contributed by atoms with Gasteiger partial charge in [-0.25, -0.2) is 4.98 Å². The van der Waals surface area contributed by atoms with E-state index in [2.05, 4.69) is 22.4 Å². The first-order valence-corrected chi connectivity index (χ1v) is 8.20. The van der Waals surface area contributed by atoms with Crippen LogP contribution in [0.2, 0.25) is 0 Å². The molecule has 0 bridgehead atoms. The minimum absolute atomic E-state index is 0.0970. The number of carbonyl (C=O) groups excluding carboxylic acids is 1. The van der Waals surface area contributed by atoms with E-state index in [-0.39, 0.29) is 11.9 Å². The molecule has 1 amide bonds. The molecule has 1 N–H and O–H groups in total. The van der Waals surface area contributed by atoms with E-state index in [0.29, 0.717) is 26.3 Å². The summed E-state index contributed by atoms with van der Waals surface area (Å²) in [5.41, 5.74) is 1.14. The molecule has 0 spiro atoms. The zero-order chi connectivity index (χ0) is 15.4. The minimum atomic E-state index is -0.284. The summed E-state index contributed by atoms with van der Waals surface area (Å²) in [6, 6.07) is 9.83. The maximum Gasteiger partial charge on any atom is 0.244 e. The Hall–Kier alpha value is -1.92. The molecule has 1 saturated heterocycles. The number of benzene rings is 1. The van der Waals surface area contributed by atoms with Gasteiger partial charge in [0.25, 0.3) is 0 Å². The van der Waals surface area contributed by atoms with Crippen LogP contribution in [0, 0.1) is 0 Å². The Balaban J connectivity index is 1.63. The van der Waals surface area contributed by atoms with E-state index in [0.717, 1.165) is 15.6 Å². The lowest BCUT2D eigenvalue weighted by Gasteiger charge is -2.29. The lowest BCUT2D eigenvalue weighted by molar-refractivity contribution is -0.135. The van der Waals surface area contributed by atoms with Gasteiger partial charge in [0.2, 0.25) is 5.91 Å². The van der Waals surface area contributed by atoms with Crippen LogP contribution in [0.5, 0.6) is 0 Å². The molecule has 1 fully saturated rings. The Morgan fingerprint density at radius 1 is 1.32 bits per heavy atom. The molecule has 1 aromatic heterocycles. The molecule has 1 atom stereocenters. The number of morpholine rings is 1. The maximum atomic E-state index is 12.4. The zero-order valence-electron chi connectivity index (χ0n) is 12.5. The van der Waals surface area contributed by atoms with Crippen LogP contribution in [0.4, 0.5) is 5.13 Å². The molecule has 1 aliphatic rings. The van der Waals surface area contributed by atoms with Gasteiger partial charge in [-0.1, -0.05) is 41.7 Å². The van der Waals surface area contributed by atoms with Gasteiger partial charge in [0.05, 0.1) is 18.1 Å². The third-order valence-corrected chi connectivity index (χ3v) is 4.57. The Morgan fingerprint density at radius 2 is 2.05 bits per heavy atom. The standard InChI is InChI=1S/C16H19N3O2S/c1-12(15(20)19-7-9-21-10-8-19)18-16-17-11-14(22-16)13-5-3-2-4-6-13/h2-6,11-12H,7-10H2,1H3,(H,17,18). The Morgan fingerprint density at radius 3 is 2.77 bits per heavy atom. The van der Waals surface area contributed by atoms with Gasteiger partial charge in [-0.3, -0.25) is 4.79 Å². The van der Waals surface area contributed by atoms with Gasteiger partial charge in [-0.2, -0.15) is 0 Å². The van der Waals surface area contributed by atoms with Crippen LogP contribution in [0.15, 0.2) is 36.5 Å². The third-order valence-electron chi connectivity index (χ3n) is 3.60. The van der Waals surface area contributed by atoms with Crippen molar-refractivity contribution in [3.8, 4) is 10.4 Å². The molecular weight excluding hydrogens is 298 g/mol. The van der Waals surface area contributed by atoms with Crippen molar-refractivity contribution in [3.63, 3.8) is 0 Å². The largest absolute Gasteiger partial charge is 0.378 e. The number of rotatable bonds is 4. The minimum Gasteiger partial charge on any atom is -0.378 e. The molecule has 0 radical (unpaired) electrons. The molecule has 2 aromatic rings. The highest BCUT2D eigenvalue weighted by atomic mass is 32.1. The van der Waals surface area contributed by atoms with Crippen LogP contribution in [0.1, 0.15) is 6.92 Å². The van der Waals surface area contributed by atoms with E-state index in [9.17, 15) is 4.79 Å². The molecule has 0 saturated carbocycles. The van der Waals surface area contributed by atoms with Crippen LogP contribution in [0.25, 0.3) is 10.4 Å². The first kappa shape index (κ1) is 15.0. The van der Waals surface area contributed by atoms with Crippen LogP contribution in [0.3, 0.4) is 0 Å². The SMILES string of the molecule is CC(Nc1ncc(-c2ccccc2)s1)C(=O)N1CCOCC1. The van der Waals surface area contributed by atoms with Crippen molar-refractivity contribution in [3.05, 3.63) is 36.5 Å². The van der Waals surface area contributed by atoms with Crippen molar-refractivity contribution in [2.24, 2.45) is 0 Å². The molecule has 0 aliphatic carbocycles. The maximum absolute atomic E-state index is 12.4. The van der Waals surface area contributed by atoms with Crippen LogP contribution >= 0.6 is 11.3 Å². The number of carbonyl (C=O) groups is 1. The number of anilines is 1. The van der Waals surface area contributed by atoms with Gasteiger partial charge in [-0.05, 0) is 12.5 Å². The number of thiazole rings is 1. The molecule has 1 unspecified atom stereocenters. The van der Waals surface area contributed by atoms with E-state index in [1.807, 2.05) is 36.2 Å². The van der Waals surface area contributed by atoms with Crippen LogP contribution in [-0.4, -0.2) is 48.1 Å². The molecule has 22 heavy (non-hydrogen) atoms. The molecule has 1 aliphatic heterocycles. The van der Waals surface area contributed by atoms with Crippen molar-refractivity contribution in [2.75, 3.05) is 31.6 Å². The Kier molecular flexibility index (Phi) is 4.70. The number of nitrogens with one attached hydrogen (secondary N) is 1. The van der Waals surface area contributed by atoms with Gasteiger partial charge >= 0.3 is 0 Å². The second-order valence-corrected chi connectivity index (χ2v) is 6.23. The highest BCUT2D eigenvalue weighted by Gasteiger charge is 2.22. The summed E-state index contributed by atoms with van der Waals surface area (Å²) in [5, 5.41) is 3.98. The number of hydrogen-bond donors (Lipinski definition) is 1. The van der Waals surface area contributed by atoms with Crippen molar-refractivity contribution < 1.29 is 9.53 Å². The average molecular weight is 317 g/mol. The van der Waals surface area contributed by atoms with E-state index in [1.165, 1.54) is 0 Å². The summed E-state index contributed by atoms with van der Waals surface area (Å²) in [5.74, 6) is 0.0970. The Labute approximate surface area is 133 Å². The van der Waals surface area contributed by atoms with E-state index in [1.54, 1.807) is 11.3 Å². The molecule has 3 rings (SSSR count). The van der Waals surface area contributed by atoms with Crippen LogP contribution < -0.4 is 5.32 Å². The monoisotopic (exact) mass is 317 g/mol. The van der Waals surface area contributed by atoms with Gasteiger partial charge in [0.15, 0.2) is 5.13 Å². The highest BCUT2D eigenvalue weighted by molar-refractivity contribution is 7.18. The number of hydrogen-bond acceptors (Lipinski definition) is 5. The molecule has 6 heteroatoms. The predicted molar refractivity (Wildman–Crippen MR) is 88.0 cm³/mol. The summed E-state index contributed by atoms with van der Waals surface area (Å²) in [7, 11) is 0. The third kappa shape index (κ3) is 3.45. The summed E-state index contributed by atoms with van der Waals surface area (Å²) in [4.78, 5) is 19.7. The lowest BCUT2D eigenvalue weighted by Crippen LogP contribution is -2.46. The normalized spacial score (nSPS) is 16.3. The molecule has 5 nitrogen and oxygen atoms in total. The van der Waals surface area contributed by atoms with E-state index in [4.69, 9.17) is 4.74 Å². The fraction of sp³-hybridized carbons (Fsp3) is 0.375. The fourth-order valence-corrected chi connectivity index (χ4v) is 3.29. The quantitative estimate of drug-likeness (QED) is 0.941. The van der Waals surface area contributed by atoms with E-state index < -0.39 is 0 Å². The molecule has 116 valence electrons. The number of ether oxygens (including phenoxy) is 1. The topological polar surface area (TPSA) is 54.5 Å². The van der Waals surface area contributed by atoms with Crippen LogP contribution in [-0.2, 0) is 9.53 Å². The van der Waals surface area contributed by atoms with Crippen molar-refractivity contribution >= 4 is 22.4 Å². The molecule has 2 heterocycles. The number of nitrogens with zero attached hydrogens (tertiary/aromatic N) is 2. The summed E-state index contributed by atoms with van der Waals surface area (Å²) < 4.78 is 5.28. The number of amides is 1. The predicted octanol–water partition coefficient (Wildman–Crippen LogP) is 2.47. The second-order valence-electron chi connectivity index (χ2n) is 5.20. The van der Waals surface area contributed by atoms with Crippen molar-refractivity contribution in [1.82, 2.24) is 9.88 Å². The van der Waals surface area contributed by atoms with E-state index >= 15 is 0 Å². The first-order valence-electron chi connectivity index (χ1n) is 7.38. The Bertz CT molecular complexity index is 623. The highest BCUT2D eigenvalue weighted by Crippen LogP contribution is 2.29. The van der Waals surface area contributed by atoms with Gasteiger partial charge in [0, 0.05) is 19.3 Å². The average Bonchev–Trinajstić information content (AvgIpc) is 3.04. The summed E-state index contributed by atoms with van der Waals surface area (Å²) in [6.07, 6.45) is 1.84.